The minimum absolute atomic E-state index is 0.297. The summed E-state index contributed by atoms with van der Waals surface area (Å²) in [5.74, 6) is -0.297. The predicted octanol–water partition coefficient (Wildman–Crippen LogP) is 2.90. The van der Waals surface area contributed by atoms with Gasteiger partial charge in [0.15, 0.2) is 5.15 Å². The predicted molar refractivity (Wildman–Crippen MR) is 56.4 cm³/mol. The number of rotatable bonds is 0. The van der Waals surface area contributed by atoms with E-state index in [0.717, 1.165) is 5.39 Å². The molecular formula is C10H5ClFN3. The third kappa shape index (κ3) is 1.18. The van der Waals surface area contributed by atoms with Gasteiger partial charge in [0.05, 0.1) is 11.7 Å². The number of benzene rings is 1. The summed E-state index contributed by atoms with van der Waals surface area (Å²) in [4.78, 5) is 4.14. The van der Waals surface area contributed by atoms with Gasteiger partial charge in [-0.1, -0.05) is 11.6 Å². The molecule has 0 aliphatic rings. The Kier molecular flexibility index (Phi) is 1.67. The average molecular weight is 222 g/mol. The van der Waals surface area contributed by atoms with Gasteiger partial charge in [-0.05, 0) is 18.2 Å². The lowest BCUT2D eigenvalue weighted by Crippen LogP contribution is -1.84. The highest BCUT2D eigenvalue weighted by Gasteiger charge is 2.08. The van der Waals surface area contributed by atoms with Crippen molar-refractivity contribution in [2.24, 2.45) is 0 Å². The van der Waals surface area contributed by atoms with Crippen LogP contribution in [0.2, 0.25) is 5.15 Å². The topological polar surface area (TPSA) is 41.6 Å². The highest BCUT2D eigenvalue weighted by Crippen LogP contribution is 2.27. The van der Waals surface area contributed by atoms with Crippen LogP contribution < -0.4 is 0 Å². The second kappa shape index (κ2) is 2.90. The summed E-state index contributed by atoms with van der Waals surface area (Å²) in [6.07, 6.45) is 1.62. The van der Waals surface area contributed by atoms with Crippen LogP contribution in [0.15, 0.2) is 24.4 Å². The molecule has 2 heterocycles. The van der Waals surface area contributed by atoms with Gasteiger partial charge in [-0.2, -0.15) is 5.10 Å². The molecule has 0 bridgehead atoms. The molecule has 1 aromatic carbocycles. The Labute approximate surface area is 88.9 Å². The summed E-state index contributed by atoms with van der Waals surface area (Å²) in [6.45, 7) is 0. The molecule has 1 N–H and O–H groups in total. The third-order valence-electron chi connectivity index (χ3n) is 2.31. The number of aromatic amines is 1. The lowest BCUT2D eigenvalue weighted by atomic mass is 10.1. The number of halogens is 2. The average Bonchev–Trinajstić information content (AvgIpc) is 2.69. The van der Waals surface area contributed by atoms with E-state index in [-0.39, 0.29) is 5.82 Å². The molecule has 74 valence electrons. The van der Waals surface area contributed by atoms with Gasteiger partial charge >= 0.3 is 0 Å². The number of aromatic nitrogens is 3. The highest BCUT2D eigenvalue weighted by molar-refractivity contribution is 6.35. The van der Waals surface area contributed by atoms with Gasteiger partial charge in [-0.15, -0.1) is 0 Å². The van der Waals surface area contributed by atoms with Gasteiger partial charge in [0.1, 0.15) is 11.3 Å². The van der Waals surface area contributed by atoms with Crippen LogP contribution >= 0.6 is 11.6 Å². The number of nitrogens with zero attached hydrogens (tertiary/aromatic N) is 2. The minimum Gasteiger partial charge on any atom is -0.275 e. The zero-order valence-electron chi connectivity index (χ0n) is 7.46. The third-order valence-corrected chi connectivity index (χ3v) is 2.59. The first-order valence-corrected chi connectivity index (χ1v) is 4.71. The number of pyridine rings is 1. The zero-order chi connectivity index (χ0) is 10.4. The summed E-state index contributed by atoms with van der Waals surface area (Å²) < 4.78 is 13.1. The summed E-state index contributed by atoms with van der Waals surface area (Å²) in [5.41, 5.74) is 1.30. The molecule has 0 aliphatic carbocycles. The van der Waals surface area contributed by atoms with Crippen molar-refractivity contribution in [1.29, 1.82) is 0 Å². The number of H-pyrrole nitrogens is 1. The first-order valence-electron chi connectivity index (χ1n) is 4.33. The Morgan fingerprint density at radius 2 is 2.13 bits per heavy atom. The Balaban J connectivity index is 2.61. The van der Waals surface area contributed by atoms with Crippen LogP contribution in [0.1, 0.15) is 0 Å². The van der Waals surface area contributed by atoms with E-state index in [4.69, 9.17) is 11.6 Å². The van der Waals surface area contributed by atoms with Gasteiger partial charge in [0.25, 0.3) is 0 Å². The van der Waals surface area contributed by atoms with Gasteiger partial charge < -0.3 is 0 Å². The van der Waals surface area contributed by atoms with Crippen LogP contribution in [-0.2, 0) is 0 Å². The van der Waals surface area contributed by atoms with E-state index in [0.29, 0.717) is 21.6 Å². The maximum Gasteiger partial charge on any atom is 0.155 e. The summed E-state index contributed by atoms with van der Waals surface area (Å²) >= 11 is 5.94. The number of hydrogen-bond donors (Lipinski definition) is 1. The minimum atomic E-state index is -0.297. The van der Waals surface area contributed by atoms with Crippen LogP contribution in [0.5, 0.6) is 0 Å². The maximum atomic E-state index is 13.1. The van der Waals surface area contributed by atoms with Gasteiger partial charge in [0.2, 0.25) is 0 Å². The van der Waals surface area contributed by atoms with E-state index < -0.39 is 0 Å². The smallest absolute Gasteiger partial charge is 0.155 e. The fraction of sp³-hybridized carbons (Fsp3) is 0. The van der Waals surface area contributed by atoms with E-state index in [1.54, 1.807) is 12.3 Å². The second-order valence-corrected chi connectivity index (χ2v) is 3.58. The highest BCUT2D eigenvalue weighted by atomic mass is 35.5. The quantitative estimate of drug-likeness (QED) is 0.593. The maximum absolute atomic E-state index is 13.1. The SMILES string of the molecule is Fc1ccc2nc(Cl)c3[nH]ncc3c2c1. The molecule has 5 heteroatoms. The van der Waals surface area contributed by atoms with Crippen LogP contribution in [0.4, 0.5) is 4.39 Å². The standard InChI is InChI=1S/C10H5ClFN3/c11-10-9-7(4-13-15-9)6-3-5(12)1-2-8(6)14-10/h1-4H,(H,13,15). The van der Waals surface area contributed by atoms with E-state index in [1.807, 2.05) is 0 Å². The van der Waals surface area contributed by atoms with Crippen molar-refractivity contribution < 1.29 is 4.39 Å². The van der Waals surface area contributed by atoms with Crippen molar-refractivity contribution >= 4 is 33.4 Å². The normalized spacial score (nSPS) is 11.3. The van der Waals surface area contributed by atoms with Crippen molar-refractivity contribution in [2.45, 2.75) is 0 Å². The molecule has 0 spiro atoms. The van der Waals surface area contributed by atoms with E-state index in [1.165, 1.54) is 12.1 Å². The Bertz CT molecular complexity index is 662. The Morgan fingerprint density at radius 3 is 3.00 bits per heavy atom. The van der Waals surface area contributed by atoms with Crippen LogP contribution in [0, 0.1) is 5.82 Å². The summed E-state index contributed by atoms with van der Waals surface area (Å²) in [7, 11) is 0. The molecule has 0 aliphatic heterocycles. The summed E-state index contributed by atoms with van der Waals surface area (Å²) in [6, 6.07) is 4.39. The molecule has 0 radical (unpaired) electrons. The molecular weight excluding hydrogens is 217 g/mol. The van der Waals surface area contributed by atoms with Crippen molar-refractivity contribution in [3.8, 4) is 0 Å². The number of nitrogens with one attached hydrogen (secondary N) is 1. The van der Waals surface area contributed by atoms with Gasteiger partial charge in [-0.3, -0.25) is 5.10 Å². The van der Waals surface area contributed by atoms with Crippen molar-refractivity contribution in [2.75, 3.05) is 0 Å². The molecule has 2 aromatic heterocycles. The second-order valence-electron chi connectivity index (χ2n) is 3.22. The molecule has 0 amide bonds. The number of fused-ring (bicyclic) bond motifs is 3. The molecule has 0 fully saturated rings. The van der Waals surface area contributed by atoms with Gasteiger partial charge in [-0.25, -0.2) is 9.37 Å². The number of hydrogen-bond acceptors (Lipinski definition) is 2. The summed E-state index contributed by atoms with van der Waals surface area (Å²) in [5, 5.41) is 8.44. The Hall–Kier alpha value is -1.68. The molecule has 15 heavy (non-hydrogen) atoms. The van der Waals surface area contributed by atoms with Crippen LogP contribution in [-0.4, -0.2) is 15.2 Å². The van der Waals surface area contributed by atoms with Crippen LogP contribution in [0.25, 0.3) is 21.8 Å². The molecule has 3 rings (SSSR count). The lowest BCUT2D eigenvalue weighted by molar-refractivity contribution is 0.629. The molecule has 3 nitrogen and oxygen atoms in total. The largest absolute Gasteiger partial charge is 0.275 e. The van der Waals surface area contributed by atoms with Crippen molar-refractivity contribution in [1.82, 2.24) is 15.2 Å². The van der Waals surface area contributed by atoms with Crippen molar-refractivity contribution in [3.05, 3.63) is 35.4 Å². The fourth-order valence-corrected chi connectivity index (χ4v) is 1.87. The molecule has 0 saturated carbocycles. The lowest BCUT2D eigenvalue weighted by Gasteiger charge is -2.00. The Morgan fingerprint density at radius 1 is 1.27 bits per heavy atom. The monoisotopic (exact) mass is 221 g/mol. The van der Waals surface area contributed by atoms with Crippen molar-refractivity contribution in [3.63, 3.8) is 0 Å². The zero-order valence-corrected chi connectivity index (χ0v) is 8.22. The molecule has 3 aromatic rings. The first kappa shape index (κ1) is 8.61. The molecule has 0 atom stereocenters. The van der Waals surface area contributed by atoms with E-state index >= 15 is 0 Å². The first-order chi connectivity index (χ1) is 7.25. The molecule has 0 saturated heterocycles. The van der Waals surface area contributed by atoms with Crippen LogP contribution in [0.3, 0.4) is 0 Å². The van der Waals surface area contributed by atoms with E-state index in [2.05, 4.69) is 15.2 Å². The van der Waals surface area contributed by atoms with Gasteiger partial charge in [0, 0.05) is 10.8 Å². The van der Waals surface area contributed by atoms with E-state index in [9.17, 15) is 4.39 Å². The molecule has 0 unspecified atom stereocenters. The fourth-order valence-electron chi connectivity index (χ4n) is 1.63.